The van der Waals surface area contributed by atoms with Crippen molar-refractivity contribution in [3.05, 3.63) is 29.1 Å². The highest BCUT2D eigenvalue weighted by Crippen LogP contribution is 2.47. The molecule has 5 nitrogen and oxygen atoms in total. The van der Waals surface area contributed by atoms with Gasteiger partial charge in [0.25, 0.3) is 0 Å². The van der Waals surface area contributed by atoms with Gasteiger partial charge in [-0.15, -0.1) is 0 Å². The van der Waals surface area contributed by atoms with Crippen molar-refractivity contribution < 1.29 is 31.9 Å². The molecular weight excluding hydrogens is 320 g/mol. The minimum atomic E-state index is -4.71. The highest BCUT2D eigenvalue weighted by molar-refractivity contribution is 6.34. The fourth-order valence-corrected chi connectivity index (χ4v) is 3.10. The van der Waals surface area contributed by atoms with Gasteiger partial charge >= 0.3 is 18.0 Å². The van der Waals surface area contributed by atoms with E-state index in [9.17, 15) is 27.2 Å². The summed E-state index contributed by atoms with van der Waals surface area (Å²) in [7, 11) is 0. The standard InChI is InChI=1S/C14H12F4N2O3/c15-7-4-6(14(16,17)18)5-9-10(7)11-8(23-9)2-1-3-20(11)13(22)12(19)21/h4-5,8,11H,1-3H2,(H2,19,21)/t8-,11+/m0/s1. The number of nitrogens with two attached hydrogens (primary N) is 1. The molecule has 0 bridgehead atoms. The number of fused-ring (bicyclic) bond motifs is 3. The first-order valence-electron chi connectivity index (χ1n) is 6.88. The summed E-state index contributed by atoms with van der Waals surface area (Å²) in [5.41, 5.74) is 3.67. The third kappa shape index (κ3) is 2.49. The summed E-state index contributed by atoms with van der Waals surface area (Å²) in [6, 6.07) is 0.136. The minimum Gasteiger partial charge on any atom is -0.487 e. The second kappa shape index (κ2) is 5.10. The molecular formula is C14H12F4N2O3. The Morgan fingerprint density at radius 3 is 2.61 bits per heavy atom. The van der Waals surface area contributed by atoms with Crippen molar-refractivity contribution in [1.29, 1.82) is 0 Å². The molecule has 3 rings (SSSR count). The molecule has 2 N–H and O–H groups in total. The lowest BCUT2D eigenvalue weighted by atomic mass is 9.93. The van der Waals surface area contributed by atoms with Crippen LogP contribution in [-0.4, -0.2) is 29.4 Å². The topological polar surface area (TPSA) is 72.6 Å². The Hall–Kier alpha value is -2.32. The van der Waals surface area contributed by atoms with E-state index in [4.69, 9.17) is 10.5 Å². The molecule has 0 aliphatic carbocycles. The number of rotatable bonds is 0. The lowest BCUT2D eigenvalue weighted by Crippen LogP contribution is -2.49. The number of ether oxygens (including phenoxy) is 1. The van der Waals surface area contributed by atoms with Crippen LogP contribution in [0.5, 0.6) is 5.75 Å². The zero-order valence-corrected chi connectivity index (χ0v) is 11.7. The maximum absolute atomic E-state index is 14.3. The van der Waals surface area contributed by atoms with Gasteiger partial charge in [0.05, 0.1) is 11.1 Å². The van der Waals surface area contributed by atoms with E-state index in [2.05, 4.69) is 0 Å². The molecule has 1 fully saturated rings. The fourth-order valence-electron chi connectivity index (χ4n) is 3.10. The van der Waals surface area contributed by atoms with E-state index in [1.807, 2.05) is 0 Å². The zero-order chi connectivity index (χ0) is 16.9. The van der Waals surface area contributed by atoms with E-state index in [0.29, 0.717) is 25.0 Å². The predicted molar refractivity (Wildman–Crippen MR) is 68.7 cm³/mol. The monoisotopic (exact) mass is 332 g/mol. The van der Waals surface area contributed by atoms with Crippen LogP contribution in [-0.2, 0) is 15.8 Å². The summed E-state index contributed by atoms with van der Waals surface area (Å²) in [4.78, 5) is 24.1. The van der Waals surface area contributed by atoms with Gasteiger partial charge in [-0.25, -0.2) is 4.39 Å². The van der Waals surface area contributed by atoms with Gasteiger partial charge in [0, 0.05) is 6.54 Å². The molecule has 0 aromatic heterocycles. The fraction of sp³-hybridized carbons (Fsp3) is 0.429. The van der Waals surface area contributed by atoms with Gasteiger partial charge in [-0.1, -0.05) is 0 Å². The number of carbonyl (C=O) groups excluding carboxylic acids is 2. The average molecular weight is 332 g/mol. The van der Waals surface area contributed by atoms with Crippen LogP contribution in [0, 0.1) is 5.82 Å². The van der Waals surface area contributed by atoms with Crippen molar-refractivity contribution in [2.24, 2.45) is 5.73 Å². The normalized spacial score (nSPS) is 23.0. The van der Waals surface area contributed by atoms with Crippen molar-refractivity contribution >= 4 is 11.8 Å². The SMILES string of the molecule is NC(=O)C(=O)N1CCC[C@@H]2Oc3cc(C(F)(F)F)cc(F)c3[C@@H]21. The van der Waals surface area contributed by atoms with Gasteiger partial charge in [0.2, 0.25) is 0 Å². The smallest absolute Gasteiger partial charge is 0.416 e. The Bertz CT molecular complexity index is 689. The number of halogens is 4. The number of alkyl halides is 3. The Labute approximate surface area is 128 Å². The second-order valence-corrected chi connectivity index (χ2v) is 5.47. The number of primary amides is 1. The third-order valence-electron chi connectivity index (χ3n) is 4.04. The molecule has 1 saturated heterocycles. The predicted octanol–water partition coefficient (Wildman–Crippen LogP) is 1.75. The van der Waals surface area contributed by atoms with E-state index in [1.54, 1.807) is 0 Å². The van der Waals surface area contributed by atoms with Crippen LogP contribution in [0.25, 0.3) is 0 Å². The second-order valence-electron chi connectivity index (χ2n) is 5.47. The molecule has 2 heterocycles. The summed E-state index contributed by atoms with van der Waals surface area (Å²) in [6.45, 7) is 0.159. The Kier molecular flexibility index (Phi) is 3.46. The molecule has 1 aromatic carbocycles. The summed E-state index contributed by atoms with van der Waals surface area (Å²) in [6.07, 6.45) is -4.50. The highest BCUT2D eigenvalue weighted by Gasteiger charge is 2.47. The number of benzene rings is 1. The first-order chi connectivity index (χ1) is 10.7. The summed E-state index contributed by atoms with van der Waals surface area (Å²) < 4.78 is 58.0. The number of carbonyl (C=O) groups is 2. The number of hydrogen-bond acceptors (Lipinski definition) is 3. The third-order valence-corrected chi connectivity index (χ3v) is 4.04. The van der Waals surface area contributed by atoms with Gasteiger partial charge in [-0.3, -0.25) is 9.59 Å². The summed E-state index contributed by atoms with van der Waals surface area (Å²) in [5, 5.41) is 0. The van der Waals surface area contributed by atoms with Crippen LogP contribution in [0.4, 0.5) is 17.6 Å². The van der Waals surface area contributed by atoms with E-state index < -0.39 is 41.5 Å². The number of piperidine rings is 1. The van der Waals surface area contributed by atoms with Gasteiger partial charge in [-0.05, 0) is 25.0 Å². The lowest BCUT2D eigenvalue weighted by molar-refractivity contribution is -0.148. The molecule has 0 saturated carbocycles. The largest absolute Gasteiger partial charge is 0.487 e. The summed E-state index contributed by atoms with van der Waals surface area (Å²) >= 11 is 0. The van der Waals surface area contributed by atoms with Crippen LogP contribution in [0.3, 0.4) is 0 Å². The van der Waals surface area contributed by atoms with Crippen LogP contribution >= 0.6 is 0 Å². The van der Waals surface area contributed by atoms with E-state index >= 15 is 0 Å². The van der Waals surface area contributed by atoms with Crippen LogP contribution in [0.2, 0.25) is 0 Å². The molecule has 2 aliphatic rings. The number of hydrogen-bond donors (Lipinski definition) is 1. The first kappa shape index (κ1) is 15.6. The van der Waals surface area contributed by atoms with E-state index in [1.165, 1.54) is 0 Å². The van der Waals surface area contributed by atoms with Crippen molar-refractivity contribution in [3.63, 3.8) is 0 Å². The molecule has 0 unspecified atom stereocenters. The van der Waals surface area contributed by atoms with Gasteiger partial charge in [0.15, 0.2) is 0 Å². The molecule has 0 radical (unpaired) electrons. The van der Waals surface area contributed by atoms with Crippen LogP contribution < -0.4 is 10.5 Å². The number of nitrogens with zero attached hydrogens (tertiary/aromatic N) is 1. The highest BCUT2D eigenvalue weighted by atomic mass is 19.4. The van der Waals surface area contributed by atoms with Crippen molar-refractivity contribution in [3.8, 4) is 5.75 Å². The van der Waals surface area contributed by atoms with Crippen molar-refractivity contribution in [2.45, 2.75) is 31.2 Å². The maximum atomic E-state index is 14.3. The Morgan fingerprint density at radius 1 is 1.30 bits per heavy atom. The Balaban J connectivity index is 2.06. The molecule has 1 aromatic rings. The Morgan fingerprint density at radius 2 is 2.00 bits per heavy atom. The summed E-state index contributed by atoms with van der Waals surface area (Å²) in [5.74, 6) is -3.58. The molecule has 23 heavy (non-hydrogen) atoms. The average Bonchev–Trinajstić information content (AvgIpc) is 2.84. The van der Waals surface area contributed by atoms with Crippen LogP contribution in [0.1, 0.15) is 30.0 Å². The number of likely N-dealkylation sites (tertiary alicyclic amines) is 1. The van der Waals surface area contributed by atoms with Crippen molar-refractivity contribution in [2.75, 3.05) is 6.54 Å². The zero-order valence-electron chi connectivity index (χ0n) is 11.7. The molecule has 9 heteroatoms. The quantitative estimate of drug-likeness (QED) is 0.581. The van der Waals surface area contributed by atoms with E-state index in [0.717, 1.165) is 4.90 Å². The molecule has 124 valence electrons. The molecule has 2 amide bonds. The minimum absolute atomic E-state index is 0.141. The van der Waals surface area contributed by atoms with Gasteiger partial charge < -0.3 is 15.4 Å². The molecule has 0 spiro atoms. The van der Waals surface area contributed by atoms with E-state index in [-0.39, 0.29) is 17.9 Å². The number of amides is 2. The van der Waals surface area contributed by atoms with Crippen molar-refractivity contribution in [1.82, 2.24) is 4.90 Å². The molecule has 2 atom stereocenters. The maximum Gasteiger partial charge on any atom is 0.416 e. The van der Waals surface area contributed by atoms with Crippen LogP contribution in [0.15, 0.2) is 12.1 Å². The van der Waals surface area contributed by atoms with Gasteiger partial charge in [0.1, 0.15) is 23.7 Å². The lowest BCUT2D eigenvalue weighted by Gasteiger charge is -2.35. The van der Waals surface area contributed by atoms with Gasteiger partial charge in [-0.2, -0.15) is 13.2 Å². The first-order valence-corrected chi connectivity index (χ1v) is 6.88. The molecule has 2 aliphatic heterocycles.